The van der Waals surface area contributed by atoms with Crippen LogP contribution in [0.15, 0.2) is 28.1 Å². The molecule has 0 aromatic heterocycles. The average molecular weight is 411 g/mol. The second kappa shape index (κ2) is 8.68. The van der Waals surface area contributed by atoms with Crippen molar-refractivity contribution in [2.45, 2.75) is 11.4 Å². The van der Waals surface area contributed by atoms with Crippen LogP contribution >= 0.6 is 35.7 Å². The molecular weight excluding hydrogens is 392 g/mol. The highest BCUT2D eigenvalue weighted by molar-refractivity contribution is 14.0. The van der Waals surface area contributed by atoms with Crippen LogP contribution in [0, 0.1) is 5.82 Å². The molecule has 1 saturated heterocycles. The second-order valence-corrected chi connectivity index (χ2v) is 5.04. The first kappa shape index (κ1) is 17.5. The molecule has 2 N–H and O–H groups in total. The van der Waals surface area contributed by atoms with Crippen LogP contribution in [0.5, 0.6) is 0 Å². The van der Waals surface area contributed by atoms with Gasteiger partial charge in [-0.15, -0.1) is 35.7 Å². The Kier molecular flexibility index (Phi) is 7.60. The highest BCUT2D eigenvalue weighted by atomic mass is 127. The normalized spacial score (nSPS) is 15.9. The summed E-state index contributed by atoms with van der Waals surface area (Å²) in [4.78, 5) is 7.16. The zero-order valence-electron chi connectivity index (χ0n) is 11.3. The zero-order valence-corrected chi connectivity index (χ0v) is 14.5. The van der Waals surface area contributed by atoms with Crippen molar-refractivity contribution in [1.82, 2.24) is 4.90 Å². The van der Waals surface area contributed by atoms with Gasteiger partial charge in [-0.1, -0.05) is 6.07 Å². The van der Waals surface area contributed by atoms with Crippen molar-refractivity contribution in [3.8, 4) is 0 Å². The third-order valence-electron chi connectivity index (χ3n) is 3.03. The van der Waals surface area contributed by atoms with Crippen LogP contribution in [0.25, 0.3) is 0 Å². The van der Waals surface area contributed by atoms with Crippen molar-refractivity contribution < 1.29 is 9.13 Å². The third-order valence-corrected chi connectivity index (χ3v) is 3.85. The molecule has 1 aliphatic rings. The topological polar surface area (TPSA) is 50.8 Å². The van der Waals surface area contributed by atoms with E-state index in [2.05, 4.69) is 4.99 Å². The van der Waals surface area contributed by atoms with Gasteiger partial charge in [0.15, 0.2) is 5.96 Å². The molecule has 112 valence electrons. The number of guanidine groups is 1. The molecule has 0 amide bonds. The summed E-state index contributed by atoms with van der Waals surface area (Å²) in [5, 5.41) is 0. The van der Waals surface area contributed by atoms with Gasteiger partial charge in [-0.25, -0.2) is 9.38 Å². The van der Waals surface area contributed by atoms with Crippen molar-refractivity contribution in [2.24, 2.45) is 10.7 Å². The summed E-state index contributed by atoms with van der Waals surface area (Å²) in [6.45, 7) is 3.06. The van der Waals surface area contributed by atoms with Gasteiger partial charge in [0, 0.05) is 23.5 Å². The van der Waals surface area contributed by atoms with Gasteiger partial charge in [0.2, 0.25) is 0 Å². The molecule has 1 fully saturated rings. The van der Waals surface area contributed by atoms with Gasteiger partial charge in [0.05, 0.1) is 19.8 Å². The molecule has 0 saturated carbocycles. The molecule has 0 aliphatic carbocycles. The number of rotatable bonds is 3. The minimum atomic E-state index is -0.231. The number of morpholine rings is 1. The van der Waals surface area contributed by atoms with Crippen LogP contribution in [0.2, 0.25) is 0 Å². The van der Waals surface area contributed by atoms with Gasteiger partial charge < -0.3 is 15.4 Å². The van der Waals surface area contributed by atoms with Crippen LogP contribution in [0.4, 0.5) is 4.39 Å². The Labute approximate surface area is 140 Å². The molecule has 1 aromatic rings. The molecule has 2 rings (SSSR count). The lowest BCUT2D eigenvalue weighted by molar-refractivity contribution is 0.0674. The number of hydrogen-bond donors (Lipinski definition) is 1. The fourth-order valence-corrected chi connectivity index (χ4v) is 2.56. The summed E-state index contributed by atoms with van der Waals surface area (Å²) in [5.74, 6) is 0.226. The fourth-order valence-electron chi connectivity index (χ4n) is 1.94. The van der Waals surface area contributed by atoms with Crippen LogP contribution in [-0.4, -0.2) is 43.4 Å². The summed E-state index contributed by atoms with van der Waals surface area (Å²) in [6, 6.07) is 5.05. The Morgan fingerprint density at radius 2 is 2.15 bits per heavy atom. The van der Waals surface area contributed by atoms with Crippen LogP contribution < -0.4 is 5.73 Å². The molecular formula is C13H19FIN3OS. The molecule has 0 spiro atoms. The predicted octanol–water partition coefficient (Wildman–Crippen LogP) is 2.31. The average Bonchev–Trinajstić information content (AvgIpc) is 2.46. The Morgan fingerprint density at radius 1 is 1.45 bits per heavy atom. The monoisotopic (exact) mass is 411 g/mol. The van der Waals surface area contributed by atoms with E-state index in [1.165, 1.54) is 17.8 Å². The molecule has 1 aliphatic heterocycles. The number of nitrogens with two attached hydrogens (primary N) is 1. The number of halogens is 2. The molecule has 20 heavy (non-hydrogen) atoms. The van der Waals surface area contributed by atoms with E-state index in [1.54, 1.807) is 6.07 Å². The van der Waals surface area contributed by atoms with E-state index < -0.39 is 0 Å². The summed E-state index contributed by atoms with van der Waals surface area (Å²) < 4.78 is 19.0. The largest absolute Gasteiger partial charge is 0.378 e. The smallest absolute Gasteiger partial charge is 0.191 e. The van der Waals surface area contributed by atoms with Crippen molar-refractivity contribution in [3.05, 3.63) is 29.6 Å². The molecule has 4 nitrogen and oxygen atoms in total. The van der Waals surface area contributed by atoms with E-state index in [9.17, 15) is 4.39 Å². The summed E-state index contributed by atoms with van der Waals surface area (Å²) in [7, 11) is 0. The number of thioether (sulfide) groups is 1. The maximum atomic E-state index is 13.8. The quantitative estimate of drug-likeness (QED) is 0.359. The van der Waals surface area contributed by atoms with Gasteiger partial charge in [-0.3, -0.25) is 0 Å². The molecule has 0 radical (unpaired) electrons. The maximum Gasteiger partial charge on any atom is 0.191 e. The predicted molar refractivity (Wildman–Crippen MR) is 91.3 cm³/mol. The van der Waals surface area contributed by atoms with Crippen LogP contribution in [0.1, 0.15) is 5.56 Å². The first-order valence-corrected chi connectivity index (χ1v) is 7.39. The van der Waals surface area contributed by atoms with Gasteiger partial charge in [0.25, 0.3) is 0 Å². The lowest BCUT2D eigenvalue weighted by Gasteiger charge is -2.27. The molecule has 1 aromatic carbocycles. The SMILES string of the molecule is CSc1cccc(F)c1CN=C(N)N1CCOCC1.I. The molecule has 1 heterocycles. The summed E-state index contributed by atoms with van der Waals surface area (Å²) >= 11 is 1.51. The Bertz CT molecular complexity index is 467. The lowest BCUT2D eigenvalue weighted by atomic mass is 10.2. The van der Waals surface area contributed by atoms with Crippen molar-refractivity contribution in [1.29, 1.82) is 0 Å². The number of benzene rings is 1. The van der Waals surface area contributed by atoms with Crippen molar-refractivity contribution in [2.75, 3.05) is 32.6 Å². The van der Waals surface area contributed by atoms with E-state index in [4.69, 9.17) is 10.5 Å². The fraction of sp³-hybridized carbons (Fsp3) is 0.462. The minimum Gasteiger partial charge on any atom is -0.378 e. The third kappa shape index (κ3) is 4.49. The number of hydrogen-bond acceptors (Lipinski definition) is 3. The van der Waals surface area contributed by atoms with E-state index in [-0.39, 0.29) is 36.3 Å². The Morgan fingerprint density at radius 3 is 2.80 bits per heavy atom. The van der Waals surface area contributed by atoms with E-state index in [0.29, 0.717) is 24.7 Å². The standard InChI is InChI=1S/C13H18FN3OS.HI/c1-19-12-4-2-3-11(14)10(12)9-16-13(15)17-5-7-18-8-6-17;/h2-4H,5-9H2,1H3,(H2,15,16);1H. The highest BCUT2D eigenvalue weighted by Gasteiger charge is 2.13. The molecule has 0 atom stereocenters. The van der Waals surface area contributed by atoms with Crippen LogP contribution in [-0.2, 0) is 11.3 Å². The van der Waals surface area contributed by atoms with Gasteiger partial charge in [-0.2, -0.15) is 0 Å². The zero-order chi connectivity index (χ0) is 13.7. The minimum absolute atomic E-state index is 0. The van der Waals surface area contributed by atoms with E-state index in [0.717, 1.165) is 18.0 Å². The Balaban J connectivity index is 0.00000200. The van der Waals surface area contributed by atoms with Crippen molar-refractivity contribution in [3.63, 3.8) is 0 Å². The van der Waals surface area contributed by atoms with Crippen molar-refractivity contribution >= 4 is 41.7 Å². The van der Waals surface area contributed by atoms with E-state index >= 15 is 0 Å². The molecule has 0 bridgehead atoms. The molecule has 0 unspecified atom stereocenters. The van der Waals surface area contributed by atoms with Crippen LogP contribution in [0.3, 0.4) is 0 Å². The second-order valence-electron chi connectivity index (χ2n) is 4.19. The number of aliphatic imine (C=N–C) groups is 1. The first-order chi connectivity index (χ1) is 9.22. The first-order valence-electron chi connectivity index (χ1n) is 6.16. The van der Waals surface area contributed by atoms with Gasteiger partial charge in [0.1, 0.15) is 5.82 Å². The molecule has 7 heteroatoms. The number of nitrogens with zero attached hydrogens (tertiary/aromatic N) is 2. The van der Waals surface area contributed by atoms with E-state index in [1.807, 2.05) is 17.2 Å². The maximum absolute atomic E-state index is 13.8. The lowest BCUT2D eigenvalue weighted by Crippen LogP contribution is -2.44. The highest BCUT2D eigenvalue weighted by Crippen LogP contribution is 2.23. The number of ether oxygens (including phenoxy) is 1. The van der Waals surface area contributed by atoms with Gasteiger partial charge in [-0.05, 0) is 18.4 Å². The Hall–Kier alpha value is -0.540. The summed E-state index contributed by atoms with van der Waals surface area (Å²) in [5.41, 5.74) is 6.53. The van der Waals surface area contributed by atoms with Gasteiger partial charge >= 0.3 is 0 Å². The summed E-state index contributed by atoms with van der Waals surface area (Å²) in [6.07, 6.45) is 1.92.